The third-order valence-corrected chi connectivity index (χ3v) is 11.4. The molecule has 3 nitrogen and oxygen atoms in total. The van der Waals surface area contributed by atoms with E-state index in [1.807, 2.05) is 30.3 Å². The Kier molecular flexibility index (Phi) is 8.20. The summed E-state index contributed by atoms with van der Waals surface area (Å²) in [5.41, 5.74) is 14.9. The maximum absolute atomic E-state index is 6.96. The predicted octanol–water partition coefficient (Wildman–Crippen LogP) is 15.8. The molecule has 0 aliphatic rings. The number of hydrogen-bond acceptors (Lipinski definition) is 2. The van der Waals surface area contributed by atoms with Gasteiger partial charge in [0, 0.05) is 49.5 Å². The molecule has 11 aromatic rings. The Morgan fingerprint density at radius 3 is 1.74 bits per heavy atom. The molecule has 4 heteroatoms. The average Bonchev–Trinajstić information content (AvgIpc) is 3.83. The Labute approximate surface area is 341 Å². The van der Waals surface area contributed by atoms with E-state index >= 15 is 0 Å². The smallest absolute Gasteiger partial charge is 0.145 e. The Hall–Kier alpha value is -7.33. The van der Waals surface area contributed by atoms with E-state index in [-0.39, 0.29) is 0 Å². The number of hydrogen-bond donors (Lipinski definition) is 0. The van der Waals surface area contributed by atoms with Crippen LogP contribution in [0, 0.1) is 0 Å². The van der Waals surface area contributed by atoms with Crippen molar-refractivity contribution in [1.29, 1.82) is 0 Å². The first kappa shape index (κ1) is 34.0. The molecule has 2 heterocycles. The number of rotatable bonds is 7. The summed E-state index contributed by atoms with van der Waals surface area (Å²) in [6.45, 7) is 0. The molecule has 0 saturated carbocycles. The highest BCUT2D eigenvalue weighted by Gasteiger charge is 2.23. The number of nitrogens with zero attached hydrogens (tertiary/aromatic N) is 2. The number of furan rings is 1. The number of benzene rings is 9. The lowest BCUT2D eigenvalue weighted by atomic mass is 9.96. The van der Waals surface area contributed by atoms with Gasteiger partial charge in [-0.15, -0.1) is 0 Å². The lowest BCUT2D eigenvalue weighted by Gasteiger charge is -2.26. The maximum Gasteiger partial charge on any atom is 0.145 e. The molecule has 0 N–H and O–H groups in total. The zero-order chi connectivity index (χ0) is 38.6. The molecule has 0 bridgehead atoms. The normalized spacial score (nSPS) is 11.5. The number of aromatic nitrogens is 1. The molecule has 0 saturated heterocycles. The third-order valence-electron chi connectivity index (χ3n) is 11.2. The number of anilines is 3. The van der Waals surface area contributed by atoms with Crippen LogP contribution in [0.25, 0.3) is 82.8 Å². The molecule has 0 atom stereocenters. The summed E-state index contributed by atoms with van der Waals surface area (Å²) in [6, 6.07) is 74.7. The van der Waals surface area contributed by atoms with E-state index in [1.165, 1.54) is 21.9 Å². The molecule has 9 aromatic carbocycles. The SMILES string of the molecule is Clc1cc(-c2ccc(-c3cc4c5ccccc5n(-c5ccccc5)c4c4c3oc3ccccc34)cc2)cc(N(c2ccccc2)c2ccc(-c3ccccc3)cc2)c1. The Morgan fingerprint density at radius 2 is 0.983 bits per heavy atom. The van der Waals surface area contributed by atoms with Gasteiger partial charge in [-0.2, -0.15) is 0 Å². The van der Waals surface area contributed by atoms with E-state index < -0.39 is 0 Å². The van der Waals surface area contributed by atoms with Gasteiger partial charge in [-0.25, -0.2) is 0 Å². The fraction of sp³-hybridized carbons (Fsp3) is 0. The highest BCUT2D eigenvalue weighted by atomic mass is 35.5. The van der Waals surface area contributed by atoms with Crippen LogP contribution in [0.4, 0.5) is 17.1 Å². The van der Waals surface area contributed by atoms with Crippen molar-refractivity contribution in [3.8, 4) is 39.1 Å². The summed E-state index contributed by atoms with van der Waals surface area (Å²) < 4.78 is 9.17. The number of para-hydroxylation sites is 4. The molecule has 0 aliphatic carbocycles. The van der Waals surface area contributed by atoms with Crippen molar-refractivity contribution < 1.29 is 4.42 Å². The summed E-state index contributed by atoms with van der Waals surface area (Å²) in [7, 11) is 0. The van der Waals surface area contributed by atoms with Crippen LogP contribution in [0.2, 0.25) is 5.02 Å². The van der Waals surface area contributed by atoms with Crippen molar-refractivity contribution >= 4 is 72.4 Å². The highest BCUT2D eigenvalue weighted by molar-refractivity contribution is 6.31. The highest BCUT2D eigenvalue weighted by Crippen LogP contribution is 2.46. The summed E-state index contributed by atoms with van der Waals surface area (Å²) in [5.74, 6) is 0. The molecule has 0 unspecified atom stereocenters. The van der Waals surface area contributed by atoms with E-state index in [2.05, 4.69) is 191 Å². The number of fused-ring (bicyclic) bond motifs is 7. The van der Waals surface area contributed by atoms with Crippen LogP contribution in [0.15, 0.2) is 217 Å². The van der Waals surface area contributed by atoms with Crippen molar-refractivity contribution in [2.24, 2.45) is 0 Å². The molecule has 0 radical (unpaired) electrons. The van der Waals surface area contributed by atoms with Gasteiger partial charge in [0.05, 0.1) is 16.4 Å². The van der Waals surface area contributed by atoms with Crippen LogP contribution >= 0.6 is 11.6 Å². The molecule has 2 aromatic heterocycles. The number of halogens is 1. The fourth-order valence-corrected chi connectivity index (χ4v) is 8.80. The average molecular weight is 763 g/mol. The summed E-state index contributed by atoms with van der Waals surface area (Å²) in [6.07, 6.45) is 0. The molecular weight excluding hydrogens is 728 g/mol. The van der Waals surface area contributed by atoms with Crippen LogP contribution in [0.5, 0.6) is 0 Å². The van der Waals surface area contributed by atoms with Crippen molar-refractivity contribution in [1.82, 2.24) is 4.57 Å². The molecule has 11 rings (SSSR count). The molecule has 58 heavy (non-hydrogen) atoms. The van der Waals surface area contributed by atoms with Crippen LogP contribution in [0.3, 0.4) is 0 Å². The first-order chi connectivity index (χ1) is 28.7. The standard InChI is InChI=1S/C54H35ClN2O/c55-41-32-40(33-45(34-41)56(42-16-6-2-7-17-42)44-30-28-37(29-31-44)36-14-4-1-5-15-36)38-24-26-39(27-25-38)48-35-49-46-20-10-12-22-50(46)57(43-18-8-3-9-19-43)53(49)52-47-21-11-13-23-51(47)58-54(48)52/h1-35H. The van der Waals surface area contributed by atoms with E-state index in [1.54, 1.807) is 0 Å². The minimum absolute atomic E-state index is 0.669. The van der Waals surface area contributed by atoms with Crippen molar-refractivity contribution in [3.63, 3.8) is 0 Å². The summed E-state index contributed by atoms with van der Waals surface area (Å²) in [5, 5.41) is 5.28. The molecule has 0 aliphatic heterocycles. The summed E-state index contributed by atoms with van der Waals surface area (Å²) in [4.78, 5) is 2.26. The van der Waals surface area contributed by atoms with Gasteiger partial charge in [0.2, 0.25) is 0 Å². The van der Waals surface area contributed by atoms with Gasteiger partial charge in [0.25, 0.3) is 0 Å². The minimum Gasteiger partial charge on any atom is -0.455 e. The lowest BCUT2D eigenvalue weighted by molar-refractivity contribution is 0.670. The maximum atomic E-state index is 6.96. The second kappa shape index (κ2) is 14.0. The molecule has 0 spiro atoms. The van der Waals surface area contributed by atoms with Gasteiger partial charge >= 0.3 is 0 Å². The van der Waals surface area contributed by atoms with Gasteiger partial charge in [0.1, 0.15) is 11.2 Å². The first-order valence-electron chi connectivity index (χ1n) is 19.5. The largest absolute Gasteiger partial charge is 0.455 e. The third kappa shape index (κ3) is 5.75. The zero-order valence-electron chi connectivity index (χ0n) is 31.4. The summed E-state index contributed by atoms with van der Waals surface area (Å²) >= 11 is 6.96. The quantitative estimate of drug-likeness (QED) is 0.161. The molecule has 0 amide bonds. The fourth-order valence-electron chi connectivity index (χ4n) is 8.57. The van der Waals surface area contributed by atoms with Crippen LogP contribution < -0.4 is 4.90 Å². The lowest BCUT2D eigenvalue weighted by Crippen LogP contribution is -2.10. The van der Waals surface area contributed by atoms with E-state index in [4.69, 9.17) is 16.0 Å². The molecule has 0 fully saturated rings. The Morgan fingerprint density at radius 1 is 0.414 bits per heavy atom. The second-order valence-electron chi connectivity index (χ2n) is 14.7. The van der Waals surface area contributed by atoms with Gasteiger partial charge < -0.3 is 13.9 Å². The zero-order valence-corrected chi connectivity index (χ0v) is 32.1. The monoisotopic (exact) mass is 762 g/mol. The predicted molar refractivity (Wildman–Crippen MR) is 244 cm³/mol. The van der Waals surface area contributed by atoms with Crippen molar-refractivity contribution in [2.75, 3.05) is 4.90 Å². The minimum atomic E-state index is 0.669. The first-order valence-corrected chi connectivity index (χ1v) is 19.9. The van der Waals surface area contributed by atoms with Crippen molar-refractivity contribution in [2.45, 2.75) is 0 Å². The Balaban J connectivity index is 1.04. The van der Waals surface area contributed by atoms with Crippen LogP contribution in [-0.4, -0.2) is 4.57 Å². The van der Waals surface area contributed by atoms with Gasteiger partial charge in [0.15, 0.2) is 0 Å². The van der Waals surface area contributed by atoms with E-state index in [0.717, 1.165) is 78.0 Å². The molecule has 274 valence electrons. The van der Waals surface area contributed by atoms with E-state index in [9.17, 15) is 0 Å². The van der Waals surface area contributed by atoms with Crippen LogP contribution in [0.1, 0.15) is 0 Å². The van der Waals surface area contributed by atoms with E-state index in [0.29, 0.717) is 5.02 Å². The van der Waals surface area contributed by atoms with Gasteiger partial charge in [-0.3, -0.25) is 0 Å². The topological polar surface area (TPSA) is 21.3 Å². The van der Waals surface area contributed by atoms with Crippen LogP contribution in [-0.2, 0) is 0 Å². The van der Waals surface area contributed by atoms with Crippen molar-refractivity contribution in [3.05, 3.63) is 217 Å². The molecular formula is C54H35ClN2O. The van der Waals surface area contributed by atoms with Gasteiger partial charge in [-0.1, -0.05) is 151 Å². The van der Waals surface area contributed by atoms with Gasteiger partial charge in [-0.05, 0) is 101 Å². The Bertz CT molecular complexity index is 3260. The second-order valence-corrected chi connectivity index (χ2v) is 15.1.